The second kappa shape index (κ2) is 4.10. The molecule has 0 bridgehead atoms. The number of nitrogens with two attached hydrogens (primary N) is 1. The molecule has 0 saturated carbocycles. The lowest BCUT2D eigenvalue weighted by Crippen LogP contribution is -2.24. The number of rotatable bonds is 2. The normalized spacial score (nSPS) is 10.9. The minimum atomic E-state index is -1.25. The molecule has 0 spiro atoms. The van der Waals surface area contributed by atoms with Crippen molar-refractivity contribution in [2.75, 3.05) is 5.43 Å². The molecule has 1 aromatic carbocycles. The molecule has 0 aliphatic heterocycles. The number of hydrogen-bond donors (Lipinski definition) is 3. The Morgan fingerprint density at radius 2 is 2.00 bits per heavy atom. The van der Waals surface area contributed by atoms with Crippen LogP contribution >= 0.6 is 0 Å². The lowest BCUT2D eigenvalue weighted by Gasteiger charge is -1.98. The molecule has 5 nitrogen and oxygen atoms in total. The van der Waals surface area contributed by atoms with Crippen LogP contribution < -0.4 is 11.2 Å². The van der Waals surface area contributed by atoms with Gasteiger partial charge in [0.1, 0.15) is 0 Å². The fourth-order valence-corrected chi connectivity index (χ4v) is 0.685. The van der Waals surface area contributed by atoms with E-state index < -0.39 is 11.8 Å². The highest BCUT2D eigenvalue weighted by molar-refractivity contribution is 6.33. The van der Waals surface area contributed by atoms with Crippen molar-refractivity contribution in [3.8, 4) is 0 Å². The van der Waals surface area contributed by atoms with Crippen molar-refractivity contribution in [1.82, 2.24) is 0 Å². The number of hydrogen-bond acceptors (Lipinski definition) is 3. The molecule has 0 saturated heterocycles. The van der Waals surface area contributed by atoms with Gasteiger partial charge in [0.15, 0.2) is 0 Å². The summed E-state index contributed by atoms with van der Waals surface area (Å²) in [5.41, 5.74) is 8.25. The molecule has 1 rings (SSSR count). The Morgan fingerprint density at radius 1 is 1.38 bits per heavy atom. The molecule has 1 aromatic rings. The summed E-state index contributed by atoms with van der Waals surface area (Å²) in [6.07, 6.45) is 0. The number of para-hydroxylation sites is 1. The monoisotopic (exact) mass is 179 g/mol. The molecule has 13 heavy (non-hydrogen) atoms. The molecule has 0 radical (unpaired) electrons. The average Bonchev–Trinajstić information content (AvgIpc) is 2.15. The smallest absolute Gasteiger partial charge is 0.373 e. The lowest BCUT2D eigenvalue weighted by atomic mass is 10.3. The van der Waals surface area contributed by atoms with Gasteiger partial charge in [0.25, 0.3) is 0 Å². The summed E-state index contributed by atoms with van der Waals surface area (Å²) >= 11 is 0. The van der Waals surface area contributed by atoms with Crippen LogP contribution in [0.15, 0.2) is 35.4 Å². The molecular weight excluding hydrogens is 170 g/mol. The van der Waals surface area contributed by atoms with E-state index in [-0.39, 0.29) is 0 Å². The van der Waals surface area contributed by atoms with Crippen LogP contribution in [0.2, 0.25) is 0 Å². The number of anilines is 1. The van der Waals surface area contributed by atoms with Gasteiger partial charge in [-0.3, -0.25) is 5.43 Å². The summed E-state index contributed by atoms with van der Waals surface area (Å²) in [6.45, 7) is 0. The van der Waals surface area contributed by atoms with Gasteiger partial charge < -0.3 is 10.8 Å². The first-order chi connectivity index (χ1) is 6.20. The van der Waals surface area contributed by atoms with Gasteiger partial charge in [-0.2, -0.15) is 0 Å². The Balaban J connectivity index is 2.62. The molecule has 0 aliphatic rings. The minimum Gasteiger partial charge on any atom is -0.475 e. The molecule has 0 aliphatic carbocycles. The number of nitrogens with zero attached hydrogens (tertiary/aromatic N) is 1. The number of carboxylic acid groups (broad SMARTS) is 1. The Bertz CT molecular complexity index is 321. The van der Waals surface area contributed by atoms with Gasteiger partial charge in [-0.25, -0.2) is 4.79 Å². The number of nitrogens with one attached hydrogen (secondary N) is 1. The van der Waals surface area contributed by atoms with Crippen LogP contribution in [0.3, 0.4) is 0 Å². The molecule has 0 heterocycles. The average molecular weight is 179 g/mol. The van der Waals surface area contributed by atoms with Crippen molar-refractivity contribution in [2.45, 2.75) is 0 Å². The van der Waals surface area contributed by atoms with Crippen LogP contribution in [0.25, 0.3) is 0 Å². The number of carbonyl (C=O) groups is 1. The minimum absolute atomic E-state index is 0.469. The first-order valence-corrected chi connectivity index (χ1v) is 3.57. The van der Waals surface area contributed by atoms with Gasteiger partial charge in [0, 0.05) is 0 Å². The van der Waals surface area contributed by atoms with Gasteiger partial charge in [-0.1, -0.05) is 18.2 Å². The number of carboxylic acids is 1. The summed E-state index contributed by atoms with van der Waals surface area (Å²) in [5.74, 6) is -1.72. The number of benzene rings is 1. The predicted octanol–water partition coefficient (Wildman–Crippen LogP) is 0.455. The second-order valence-corrected chi connectivity index (χ2v) is 2.28. The van der Waals surface area contributed by atoms with E-state index in [4.69, 9.17) is 10.8 Å². The van der Waals surface area contributed by atoms with Crippen LogP contribution in [0, 0.1) is 0 Å². The molecule has 0 amide bonds. The van der Waals surface area contributed by atoms with E-state index >= 15 is 0 Å². The molecular formula is C8H9N3O2. The molecule has 5 heteroatoms. The topological polar surface area (TPSA) is 87.7 Å². The maximum Gasteiger partial charge on any atom is 0.373 e. The highest BCUT2D eigenvalue weighted by Crippen LogP contribution is 2.03. The lowest BCUT2D eigenvalue weighted by molar-refractivity contribution is -0.129. The van der Waals surface area contributed by atoms with E-state index in [9.17, 15) is 4.79 Å². The fraction of sp³-hybridized carbons (Fsp3) is 0. The third-order valence-corrected chi connectivity index (χ3v) is 1.30. The highest BCUT2D eigenvalue weighted by Gasteiger charge is 2.01. The standard InChI is InChI=1S/C8H9N3O2/c9-7(8(12)13)11-10-6-4-2-1-3-5-6/h1-5,10H,(H2,9,11)(H,12,13). The van der Waals surface area contributed by atoms with Crippen LogP contribution in [0.1, 0.15) is 0 Å². The highest BCUT2D eigenvalue weighted by atomic mass is 16.4. The molecule has 0 aromatic heterocycles. The third-order valence-electron chi connectivity index (χ3n) is 1.30. The first-order valence-electron chi connectivity index (χ1n) is 3.57. The van der Waals surface area contributed by atoms with Crippen LogP contribution in [-0.4, -0.2) is 16.9 Å². The SMILES string of the molecule is N/C(=N/Nc1ccccc1)C(=O)O. The zero-order valence-electron chi connectivity index (χ0n) is 6.77. The van der Waals surface area contributed by atoms with Crippen molar-refractivity contribution in [3.05, 3.63) is 30.3 Å². The summed E-state index contributed by atoms with van der Waals surface area (Å²) < 4.78 is 0. The van der Waals surface area contributed by atoms with Crippen LogP contribution in [0.4, 0.5) is 5.69 Å². The van der Waals surface area contributed by atoms with E-state index in [2.05, 4.69) is 10.5 Å². The van der Waals surface area contributed by atoms with E-state index in [0.29, 0.717) is 5.69 Å². The van der Waals surface area contributed by atoms with E-state index in [1.807, 2.05) is 6.07 Å². The zero-order chi connectivity index (χ0) is 9.68. The summed E-state index contributed by atoms with van der Waals surface area (Å²) in [7, 11) is 0. The van der Waals surface area contributed by atoms with Gasteiger partial charge >= 0.3 is 5.97 Å². The molecule has 0 unspecified atom stereocenters. The Hall–Kier alpha value is -2.04. The quantitative estimate of drug-likeness (QED) is 0.349. The fourth-order valence-electron chi connectivity index (χ4n) is 0.685. The second-order valence-electron chi connectivity index (χ2n) is 2.28. The van der Waals surface area contributed by atoms with E-state index in [1.54, 1.807) is 24.3 Å². The van der Waals surface area contributed by atoms with Gasteiger partial charge in [-0.05, 0) is 12.1 Å². The third kappa shape index (κ3) is 2.82. The number of aliphatic carboxylic acids is 1. The van der Waals surface area contributed by atoms with Crippen molar-refractivity contribution in [3.63, 3.8) is 0 Å². The van der Waals surface area contributed by atoms with Crippen molar-refractivity contribution >= 4 is 17.5 Å². The molecule has 4 N–H and O–H groups in total. The van der Waals surface area contributed by atoms with E-state index in [1.165, 1.54) is 0 Å². The Kier molecular flexibility index (Phi) is 2.86. The molecule has 0 atom stereocenters. The Labute approximate surface area is 74.9 Å². The van der Waals surface area contributed by atoms with Crippen LogP contribution in [-0.2, 0) is 4.79 Å². The maximum absolute atomic E-state index is 10.2. The summed E-state index contributed by atoms with van der Waals surface area (Å²) in [4.78, 5) is 10.2. The number of hydrazone groups is 1. The number of amidine groups is 1. The maximum atomic E-state index is 10.2. The van der Waals surface area contributed by atoms with E-state index in [0.717, 1.165) is 0 Å². The van der Waals surface area contributed by atoms with Gasteiger partial charge in [0.2, 0.25) is 5.84 Å². The molecule has 68 valence electrons. The predicted molar refractivity (Wildman–Crippen MR) is 49.3 cm³/mol. The van der Waals surface area contributed by atoms with Gasteiger partial charge in [-0.15, -0.1) is 5.10 Å². The van der Waals surface area contributed by atoms with Gasteiger partial charge in [0.05, 0.1) is 5.69 Å². The largest absolute Gasteiger partial charge is 0.475 e. The summed E-state index contributed by atoms with van der Waals surface area (Å²) in [6, 6.07) is 8.94. The zero-order valence-corrected chi connectivity index (χ0v) is 6.77. The Morgan fingerprint density at radius 3 is 2.54 bits per heavy atom. The molecule has 0 fully saturated rings. The van der Waals surface area contributed by atoms with Crippen LogP contribution in [0.5, 0.6) is 0 Å². The van der Waals surface area contributed by atoms with Crippen molar-refractivity contribution < 1.29 is 9.90 Å². The van der Waals surface area contributed by atoms with Crippen molar-refractivity contribution in [1.29, 1.82) is 0 Å². The summed E-state index contributed by atoms with van der Waals surface area (Å²) in [5, 5.41) is 11.8. The first kappa shape index (κ1) is 9.05. The van der Waals surface area contributed by atoms with Crippen molar-refractivity contribution in [2.24, 2.45) is 10.8 Å².